The van der Waals surface area contributed by atoms with E-state index in [4.69, 9.17) is 40.4 Å². The van der Waals surface area contributed by atoms with Crippen LogP contribution in [0.2, 0.25) is 10.0 Å². The fraction of sp³-hybridized carbons (Fsp3) is 0.312. The summed E-state index contributed by atoms with van der Waals surface area (Å²) in [4.78, 5) is 9.32. The van der Waals surface area contributed by atoms with E-state index in [1.807, 2.05) is 36.5 Å². The van der Waals surface area contributed by atoms with Gasteiger partial charge in [0.2, 0.25) is 0 Å². The first-order chi connectivity index (χ1) is 19.3. The Kier molecular flexibility index (Phi) is 7.51. The molecule has 206 valence electrons. The lowest BCUT2D eigenvalue weighted by Crippen LogP contribution is -2.33. The van der Waals surface area contributed by atoms with Crippen LogP contribution >= 0.6 is 35.4 Å². The maximum absolute atomic E-state index is 6.97. The van der Waals surface area contributed by atoms with Crippen molar-refractivity contribution in [3.05, 3.63) is 106 Å². The Morgan fingerprint density at radius 3 is 2.35 bits per heavy atom. The number of pyridine rings is 1. The third kappa shape index (κ3) is 4.87. The molecular formula is C32H33Cl2N5S. The Balaban J connectivity index is 1.45. The number of benzene rings is 2. The van der Waals surface area contributed by atoms with E-state index in [-0.39, 0.29) is 12.1 Å². The molecule has 0 spiro atoms. The number of aromatic nitrogens is 2. The minimum absolute atomic E-state index is 0.136. The molecular weight excluding hydrogens is 557 g/mol. The van der Waals surface area contributed by atoms with Gasteiger partial charge in [-0.25, -0.2) is 0 Å². The van der Waals surface area contributed by atoms with Crippen LogP contribution in [0.3, 0.4) is 0 Å². The van der Waals surface area contributed by atoms with Crippen molar-refractivity contribution in [1.29, 1.82) is 0 Å². The van der Waals surface area contributed by atoms with Crippen molar-refractivity contribution in [2.45, 2.75) is 45.7 Å². The second-order valence-electron chi connectivity index (χ2n) is 10.9. The van der Waals surface area contributed by atoms with Crippen LogP contribution in [0.1, 0.15) is 54.5 Å². The summed E-state index contributed by atoms with van der Waals surface area (Å²) in [5.41, 5.74) is 7.32. The molecule has 2 fully saturated rings. The Morgan fingerprint density at radius 2 is 1.65 bits per heavy atom. The topological polar surface area (TPSA) is 36.3 Å². The monoisotopic (exact) mass is 589 g/mol. The summed E-state index contributed by atoms with van der Waals surface area (Å²) in [6.07, 6.45) is 4.21. The Bertz CT molecular complexity index is 1540. The lowest BCUT2D eigenvalue weighted by molar-refractivity contribution is 0.438. The molecule has 2 aliphatic heterocycles. The maximum atomic E-state index is 6.97. The van der Waals surface area contributed by atoms with E-state index in [1.54, 1.807) is 0 Å². The van der Waals surface area contributed by atoms with Crippen LogP contribution < -0.4 is 15.1 Å². The average Bonchev–Trinajstić information content (AvgIpc) is 3.45. The largest absolute Gasteiger partial charge is 0.370 e. The van der Waals surface area contributed by atoms with Gasteiger partial charge in [0.1, 0.15) is 0 Å². The highest BCUT2D eigenvalue weighted by molar-refractivity contribution is 7.80. The number of anilines is 2. The van der Waals surface area contributed by atoms with Gasteiger partial charge in [-0.2, -0.15) is 0 Å². The van der Waals surface area contributed by atoms with E-state index < -0.39 is 0 Å². The molecule has 4 aromatic rings. The summed E-state index contributed by atoms with van der Waals surface area (Å²) in [6.45, 7) is 8.65. The zero-order valence-electron chi connectivity index (χ0n) is 22.9. The van der Waals surface area contributed by atoms with E-state index in [1.165, 1.54) is 12.8 Å². The van der Waals surface area contributed by atoms with E-state index in [9.17, 15) is 0 Å². The third-order valence-electron chi connectivity index (χ3n) is 8.31. The van der Waals surface area contributed by atoms with Gasteiger partial charge >= 0.3 is 0 Å². The molecule has 2 atom stereocenters. The van der Waals surface area contributed by atoms with E-state index >= 15 is 0 Å². The first-order valence-electron chi connectivity index (χ1n) is 13.8. The van der Waals surface area contributed by atoms with E-state index in [2.05, 4.69) is 76.9 Å². The number of aryl methyl sites for hydroxylation is 1. The lowest BCUT2D eigenvalue weighted by Gasteiger charge is -2.33. The Morgan fingerprint density at radius 1 is 0.900 bits per heavy atom. The molecule has 40 heavy (non-hydrogen) atoms. The number of halogens is 2. The van der Waals surface area contributed by atoms with Gasteiger partial charge in [0.25, 0.3) is 0 Å². The first kappa shape index (κ1) is 27.1. The molecule has 2 aromatic carbocycles. The molecule has 0 amide bonds. The highest BCUT2D eigenvalue weighted by Crippen LogP contribution is 2.45. The van der Waals surface area contributed by atoms with Gasteiger partial charge in [0.05, 0.1) is 39.2 Å². The fourth-order valence-electron chi connectivity index (χ4n) is 6.19. The quantitative estimate of drug-likeness (QED) is 0.237. The average molecular weight is 591 g/mol. The van der Waals surface area contributed by atoms with Crippen molar-refractivity contribution in [2.24, 2.45) is 5.92 Å². The van der Waals surface area contributed by atoms with Gasteiger partial charge in [-0.15, -0.1) is 0 Å². The maximum Gasteiger partial charge on any atom is 0.174 e. The Hall–Kier alpha value is -3.06. The number of thiocarbonyl (C=S) groups is 1. The number of hydrogen-bond donors (Lipinski definition) is 1. The van der Waals surface area contributed by atoms with Crippen molar-refractivity contribution in [2.75, 3.05) is 22.9 Å². The number of rotatable bonds is 5. The highest BCUT2D eigenvalue weighted by Gasteiger charge is 2.42. The SMILES string of the molecule is Cc1cc(C2C(c3ccccn3)NC(=S)N2c2ccc(N3CCC(C)CC3)c(Cl)c2)c(C)n1-c1ccccc1Cl. The number of para-hydroxylation sites is 1. The molecule has 0 aliphatic carbocycles. The molecule has 5 nitrogen and oxygen atoms in total. The van der Waals surface area contributed by atoms with Crippen molar-refractivity contribution >= 4 is 51.9 Å². The van der Waals surface area contributed by atoms with Crippen LogP contribution in [0.5, 0.6) is 0 Å². The van der Waals surface area contributed by atoms with E-state index in [0.29, 0.717) is 10.1 Å². The molecule has 2 saturated heterocycles. The highest BCUT2D eigenvalue weighted by atomic mass is 35.5. The molecule has 4 heterocycles. The zero-order chi connectivity index (χ0) is 28.0. The van der Waals surface area contributed by atoms with E-state index in [0.717, 1.165) is 63.7 Å². The predicted molar refractivity (Wildman–Crippen MR) is 170 cm³/mol. The molecule has 0 radical (unpaired) electrons. The molecule has 1 N–H and O–H groups in total. The number of hydrogen-bond acceptors (Lipinski definition) is 3. The number of nitrogens with one attached hydrogen (secondary N) is 1. The van der Waals surface area contributed by atoms with Gasteiger partial charge in [0.15, 0.2) is 5.11 Å². The minimum Gasteiger partial charge on any atom is -0.370 e. The van der Waals surface area contributed by atoms with Gasteiger partial charge < -0.3 is 19.7 Å². The van der Waals surface area contributed by atoms with Crippen LogP contribution in [0.4, 0.5) is 11.4 Å². The second kappa shape index (κ2) is 11.1. The normalized spacial score (nSPS) is 19.8. The summed E-state index contributed by atoms with van der Waals surface area (Å²) in [5, 5.41) is 5.69. The van der Waals surface area contributed by atoms with Crippen LogP contribution in [0.15, 0.2) is 72.9 Å². The molecule has 2 aromatic heterocycles. The van der Waals surface area contributed by atoms with Crippen LogP contribution in [-0.2, 0) is 0 Å². The molecule has 2 aliphatic rings. The number of piperidine rings is 1. The van der Waals surface area contributed by atoms with Gasteiger partial charge in [0, 0.05) is 36.4 Å². The molecule has 0 saturated carbocycles. The van der Waals surface area contributed by atoms with Crippen LogP contribution in [0, 0.1) is 19.8 Å². The fourth-order valence-corrected chi connectivity index (χ4v) is 7.05. The second-order valence-corrected chi connectivity index (χ2v) is 12.1. The summed E-state index contributed by atoms with van der Waals surface area (Å²) in [7, 11) is 0. The van der Waals surface area contributed by atoms with Crippen molar-refractivity contribution in [3.8, 4) is 5.69 Å². The van der Waals surface area contributed by atoms with Crippen LogP contribution in [-0.4, -0.2) is 27.8 Å². The standard InChI is InChI=1S/C32H33Cl2N5S/c1-20-13-16-37(17-14-20)28-12-11-23(19-26(28)34)39-31(30(36-32(39)40)27-9-6-7-15-35-27)24-18-21(2)38(22(24)3)29-10-5-4-8-25(29)33/h4-12,15,18-20,30-31H,13-14,16-17H2,1-3H3,(H,36,40). The van der Waals surface area contributed by atoms with Gasteiger partial charge in [-0.3, -0.25) is 4.98 Å². The molecule has 0 bridgehead atoms. The summed E-state index contributed by atoms with van der Waals surface area (Å²) < 4.78 is 2.22. The third-order valence-corrected chi connectivity index (χ3v) is 9.25. The van der Waals surface area contributed by atoms with Gasteiger partial charge in [-0.1, -0.05) is 48.3 Å². The first-order valence-corrected chi connectivity index (χ1v) is 15.0. The molecule has 2 unspecified atom stereocenters. The van der Waals surface area contributed by atoms with Crippen molar-refractivity contribution in [1.82, 2.24) is 14.9 Å². The van der Waals surface area contributed by atoms with Gasteiger partial charge in [-0.05, 0) is 98.9 Å². The van der Waals surface area contributed by atoms with Crippen LogP contribution in [0.25, 0.3) is 5.69 Å². The summed E-state index contributed by atoms with van der Waals surface area (Å²) >= 11 is 19.6. The van der Waals surface area contributed by atoms with Crippen molar-refractivity contribution < 1.29 is 0 Å². The summed E-state index contributed by atoms with van der Waals surface area (Å²) in [5.74, 6) is 0.761. The Labute approximate surface area is 251 Å². The minimum atomic E-state index is -0.143. The summed E-state index contributed by atoms with van der Waals surface area (Å²) in [6, 6.07) is 22.3. The molecule has 6 rings (SSSR count). The lowest BCUT2D eigenvalue weighted by atomic mass is 9.96. The smallest absolute Gasteiger partial charge is 0.174 e. The number of nitrogens with zero attached hydrogens (tertiary/aromatic N) is 4. The zero-order valence-corrected chi connectivity index (χ0v) is 25.3. The predicted octanol–water partition coefficient (Wildman–Crippen LogP) is 8.21. The van der Waals surface area contributed by atoms with Crippen molar-refractivity contribution in [3.63, 3.8) is 0 Å². The molecule has 8 heteroatoms.